The van der Waals surface area contributed by atoms with Gasteiger partial charge < -0.3 is 18.0 Å². The summed E-state index contributed by atoms with van der Waals surface area (Å²) in [6, 6.07) is 69.6. The van der Waals surface area contributed by atoms with E-state index in [1.165, 1.54) is 54.7 Å². The van der Waals surface area contributed by atoms with E-state index < -0.39 is 0 Å². The van der Waals surface area contributed by atoms with Crippen LogP contribution in [0.4, 0.5) is 0 Å². The van der Waals surface area contributed by atoms with Gasteiger partial charge in [0, 0.05) is 49.1 Å². The van der Waals surface area contributed by atoms with E-state index in [9.17, 15) is 0 Å². The first-order valence-corrected chi connectivity index (χ1v) is 19.7. The monoisotopic (exact) mass is 740 g/mol. The minimum absolute atomic E-state index is 0.816. The third kappa shape index (κ3) is 4.45. The van der Waals surface area contributed by atoms with Crippen LogP contribution in [-0.4, -0.2) is 9.13 Å². The van der Waals surface area contributed by atoms with Crippen LogP contribution in [0.3, 0.4) is 0 Å². The Morgan fingerprint density at radius 2 is 0.793 bits per heavy atom. The Morgan fingerprint density at radius 1 is 0.276 bits per heavy atom. The van der Waals surface area contributed by atoms with Crippen molar-refractivity contribution in [1.29, 1.82) is 0 Å². The van der Waals surface area contributed by atoms with Gasteiger partial charge in [-0.05, 0) is 113 Å². The Morgan fingerprint density at radius 3 is 1.50 bits per heavy atom. The van der Waals surface area contributed by atoms with Gasteiger partial charge in [-0.3, -0.25) is 0 Å². The zero-order valence-electron chi connectivity index (χ0n) is 31.2. The van der Waals surface area contributed by atoms with Gasteiger partial charge >= 0.3 is 0 Å². The quantitative estimate of drug-likeness (QED) is 0.180. The zero-order valence-corrected chi connectivity index (χ0v) is 31.2. The van der Waals surface area contributed by atoms with Gasteiger partial charge in [-0.25, -0.2) is 0 Å². The molecule has 4 heterocycles. The minimum atomic E-state index is 0.816. The third-order valence-corrected chi connectivity index (χ3v) is 12.1. The van der Waals surface area contributed by atoms with Crippen molar-refractivity contribution in [3.05, 3.63) is 194 Å². The van der Waals surface area contributed by atoms with E-state index in [0.717, 1.165) is 66.4 Å². The van der Waals surface area contributed by atoms with Crippen LogP contribution in [-0.2, 0) is 0 Å². The van der Waals surface area contributed by atoms with E-state index in [0.29, 0.717) is 0 Å². The second-order valence-electron chi connectivity index (χ2n) is 15.3. The number of aromatic nitrogens is 2. The summed E-state index contributed by atoms with van der Waals surface area (Å²) < 4.78 is 18.0. The standard InChI is InChI=1S/C54H32N2O2/c1-3-11-33(12-4-1)34-19-24-48-42(29-34)43-30-35(20-25-49(43)55(48)37-13-5-2-6-14-37)36-21-26-51-45(31-36)53-52(57-51)28-23-41-44-32-38(22-27-50(44)58-54(41)53)56-46-17-9-7-15-39(46)40-16-8-10-18-47(40)56/h1-32H. The van der Waals surface area contributed by atoms with Gasteiger partial charge in [0.25, 0.3) is 0 Å². The summed E-state index contributed by atoms with van der Waals surface area (Å²) in [5.74, 6) is 0. The third-order valence-electron chi connectivity index (χ3n) is 12.1. The summed E-state index contributed by atoms with van der Waals surface area (Å²) in [6.45, 7) is 0. The van der Waals surface area contributed by atoms with Gasteiger partial charge in [0.1, 0.15) is 22.3 Å². The predicted molar refractivity (Wildman–Crippen MR) is 241 cm³/mol. The second kappa shape index (κ2) is 11.8. The normalized spacial score (nSPS) is 12.1. The smallest absolute Gasteiger partial charge is 0.147 e. The molecule has 270 valence electrons. The number of para-hydroxylation sites is 3. The number of nitrogens with zero attached hydrogens (tertiary/aromatic N) is 2. The molecule has 58 heavy (non-hydrogen) atoms. The molecule has 0 spiro atoms. The molecule has 13 rings (SSSR count). The number of fused-ring (bicyclic) bond motifs is 13. The van der Waals surface area contributed by atoms with Crippen LogP contribution in [0, 0.1) is 0 Å². The summed E-state index contributed by atoms with van der Waals surface area (Å²) in [4.78, 5) is 0. The molecule has 0 fully saturated rings. The highest BCUT2D eigenvalue weighted by atomic mass is 16.3. The summed E-state index contributed by atoms with van der Waals surface area (Å²) in [5.41, 5.74) is 15.0. The first-order valence-electron chi connectivity index (χ1n) is 19.7. The second-order valence-corrected chi connectivity index (χ2v) is 15.3. The van der Waals surface area contributed by atoms with Crippen molar-refractivity contribution in [2.45, 2.75) is 0 Å². The fourth-order valence-corrected chi connectivity index (χ4v) is 9.47. The zero-order chi connectivity index (χ0) is 37.9. The lowest BCUT2D eigenvalue weighted by atomic mass is 9.99. The van der Waals surface area contributed by atoms with Crippen LogP contribution in [0.1, 0.15) is 0 Å². The maximum absolute atomic E-state index is 6.75. The lowest BCUT2D eigenvalue weighted by Gasteiger charge is -2.08. The number of benzene rings is 9. The van der Waals surface area contributed by atoms with Crippen LogP contribution in [0.15, 0.2) is 203 Å². The average Bonchev–Trinajstić information content (AvgIpc) is 4.03. The summed E-state index contributed by atoms with van der Waals surface area (Å²) in [6.07, 6.45) is 0. The first-order chi connectivity index (χ1) is 28.7. The molecule has 0 atom stereocenters. The van der Waals surface area contributed by atoms with Crippen LogP contribution in [0.25, 0.3) is 121 Å². The molecule has 4 heteroatoms. The number of hydrogen-bond acceptors (Lipinski definition) is 2. The minimum Gasteiger partial charge on any atom is -0.456 e. The van der Waals surface area contributed by atoms with E-state index in [4.69, 9.17) is 8.83 Å². The maximum atomic E-state index is 6.75. The molecule has 13 aromatic rings. The SMILES string of the molecule is c1ccc(-c2ccc3c(c2)c2cc(-c4ccc5oc6ccc7c8cc(-n9c%10ccccc%10c%10ccccc%109)ccc8oc7c6c5c4)ccc2n3-c2ccccc2)cc1. The van der Waals surface area contributed by atoms with Crippen molar-refractivity contribution in [2.75, 3.05) is 0 Å². The molecule has 0 radical (unpaired) electrons. The van der Waals surface area contributed by atoms with Crippen molar-refractivity contribution in [2.24, 2.45) is 0 Å². The number of hydrogen-bond donors (Lipinski definition) is 0. The highest BCUT2D eigenvalue weighted by Crippen LogP contribution is 2.43. The van der Waals surface area contributed by atoms with Gasteiger partial charge in [0.15, 0.2) is 0 Å². The van der Waals surface area contributed by atoms with E-state index >= 15 is 0 Å². The Hall–Kier alpha value is -7.82. The summed E-state index contributed by atoms with van der Waals surface area (Å²) in [7, 11) is 0. The van der Waals surface area contributed by atoms with Crippen molar-refractivity contribution in [1.82, 2.24) is 9.13 Å². The van der Waals surface area contributed by atoms with Gasteiger partial charge in [0.2, 0.25) is 0 Å². The fraction of sp³-hybridized carbons (Fsp3) is 0. The first kappa shape index (κ1) is 31.4. The summed E-state index contributed by atoms with van der Waals surface area (Å²) in [5, 5.41) is 9.12. The molecule has 0 bridgehead atoms. The highest BCUT2D eigenvalue weighted by molar-refractivity contribution is 6.23. The van der Waals surface area contributed by atoms with Crippen LogP contribution in [0.2, 0.25) is 0 Å². The van der Waals surface area contributed by atoms with Crippen LogP contribution < -0.4 is 0 Å². The average molecular weight is 741 g/mol. The molecule has 0 saturated carbocycles. The van der Waals surface area contributed by atoms with E-state index in [1.807, 2.05) is 0 Å². The molecule has 0 aliphatic rings. The molecule has 0 N–H and O–H groups in total. The molecular formula is C54H32N2O2. The molecule has 0 aliphatic heterocycles. The van der Waals surface area contributed by atoms with E-state index in [-0.39, 0.29) is 0 Å². The largest absolute Gasteiger partial charge is 0.456 e. The highest BCUT2D eigenvalue weighted by Gasteiger charge is 2.20. The summed E-state index contributed by atoms with van der Waals surface area (Å²) >= 11 is 0. The molecule has 0 aliphatic carbocycles. The Balaban J connectivity index is 0.993. The van der Waals surface area contributed by atoms with E-state index in [1.54, 1.807) is 0 Å². The van der Waals surface area contributed by atoms with Crippen molar-refractivity contribution < 1.29 is 8.83 Å². The van der Waals surface area contributed by atoms with Crippen molar-refractivity contribution >= 4 is 87.5 Å². The van der Waals surface area contributed by atoms with Gasteiger partial charge in [-0.2, -0.15) is 0 Å². The van der Waals surface area contributed by atoms with Gasteiger partial charge in [0.05, 0.1) is 27.5 Å². The topological polar surface area (TPSA) is 36.1 Å². The Kier molecular flexibility index (Phi) is 6.41. The van der Waals surface area contributed by atoms with Gasteiger partial charge in [-0.15, -0.1) is 0 Å². The fourth-order valence-electron chi connectivity index (χ4n) is 9.47. The molecule has 0 unspecified atom stereocenters. The lowest BCUT2D eigenvalue weighted by molar-refractivity contribution is 0.663. The molecule has 0 amide bonds. The number of furan rings is 2. The molecule has 0 saturated heterocycles. The predicted octanol–water partition coefficient (Wildman–Crippen LogP) is 15.0. The van der Waals surface area contributed by atoms with Gasteiger partial charge in [-0.1, -0.05) is 103 Å². The maximum Gasteiger partial charge on any atom is 0.147 e. The lowest BCUT2D eigenvalue weighted by Crippen LogP contribution is -1.93. The molecular weight excluding hydrogens is 709 g/mol. The molecule has 4 aromatic heterocycles. The van der Waals surface area contributed by atoms with Crippen molar-refractivity contribution in [3.8, 4) is 33.6 Å². The van der Waals surface area contributed by atoms with Crippen LogP contribution >= 0.6 is 0 Å². The molecule has 9 aromatic carbocycles. The number of rotatable bonds is 4. The Bertz CT molecular complexity index is 3730. The van der Waals surface area contributed by atoms with Crippen LogP contribution in [0.5, 0.6) is 0 Å². The Labute approximate surface area is 332 Å². The van der Waals surface area contributed by atoms with Crippen molar-refractivity contribution in [3.63, 3.8) is 0 Å². The van der Waals surface area contributed by atoms with E-state index in [2.05, 4.69) is 203 Å². The molecule has 4 nitrogen and oxygen atoms in total.